The average Bonchev–Trinajstić information content (AvgIpc) is 2.78. The van der Waals surface area contributed by atoms with Crippen molar-refractivity contribution in [3.63, 3.8) is 0 Å². The molecule has 0 aliphatic rings. The summed E-state index contributed by atoms with van der Waals surface area (Å²) in [6.07, 6.45) is -0.824. The molecule has 7 heteroatoms. The van der Waals surface area contributed by atoms with Crippen LogP contribution >= 0.6 is 11.8 Å². The van der Waals surface area contributed by atoms with Crippen molar-refractivity contribution < 1.29 is 14.3 Å². The van der Waals surface area contributed by atoms with Crippen LogP contribution in [0.1, 0.15) is 5.56 Å². The monoisotopic (exact) mass is 279 g/mol. The fourth-order valence-electron chi connectivity index (χ4n) is 1.38. The first-order valence-corrected chi connectivity index (χ1v) is 6.45. The van der Waals surface area contributed by atoms with Crippen LogP contribution in [0, 0.1) is 0 Å². The third-order valence-electron chi connectivity index (χ3n) is 2.29. The molecule has 1 heterocycles. The lowest BCUT2D eigenvalue weighted by Gasteiger charge is -2.03. The molecule has 0 bridgehead atoms. The minimum atomic E-state index is -0.824. The van der Waals surface area contributed by atoms with E-state index >= 15 is 0 Å². The van der Waals surface area contributed by atoms with Crippen LogP contribution in [-0.4, -0.2) is 23.5 Å². The molecule has 1 aromatic heterocycles. The highest BCUT2D eigenvalue weighted by atomic mass is 32.2. The third-order valence-corrected chi connectivity index (χ3v) is 3.31. The zero-order valence-electron chi connectivity index (χ0n) is 10.3. The molecule has 0 atom stereocenters. The van der Waals surface area contributed by atoms with E-state index in [4.69, 9.17) is 10.5 Å². The predicted molar refractivity (Wildman–Crippen MR) is 72.0 cm³/mol. The first kappa shape index (κ1) is 13.3. The van der Waals surface area contributed by atoms with Gasteiger partial charge in [-0.3, -0.25) is 5.10 Å². The zero-order valence-corrected chi connectivity index (χ0v) is 11.1. The normalized spacial score (nSPS) is 10.2. The Kier molecular flexibility index (Phi) is 4.30. The number of rotatable bonds is 4. The highest BCUT2D eigenvalue weighted by molar-refractivity contribution is 7.98. The summed E-state index contributed by atoms with van der Waals surface area (Å²) in [7, 11) is 1.23. The Hall–Kier alpha value is -2.15. The van der Waals surface area contributed by atoms with E-state index in [9.17, 15) is 4.79 Å². The molecule has 0 radical (unpaired) electrons. The number of benzene rings is 1. The van der Waals surface area contributed by atoms with Crippen LogP contribution in [0.25, 0.3) is 0 Å². The number of nitrogens with zero attached hydrogens (tertiary/aromatic N) is 1. The summed E-state index contributed by atoms with van der Waals surface area (Å²) in [5.41, 5.74) is 6.79. The number of hydrogen-bond donors (Lipinski definition) is 2. The van der Waals surface area contributed by atoms with Gasteiger partial charge in [0.05, 0.1) is 7.11 Å². The van der Waals surface area contributed by atoms with Crippen molar-refractivity contribution in [3.05, 3.63) is 35.9 Å². The molecule has 6 nitrogen and oxygen atoms in total. The molecule has 3 N–H and O–H groups in total. The van der Waals surface area contributed by atoms with E-state index in [2.05, 4.69) is 14.9 Å². The molecular formula is C12H13N3O3S. The van der Waals surface area contributed by atoms with E-state index in [-0.39, 0.29) is 11.6 Å². The van der Waals surface area contributed by atoms with Gasteiger partial charge in [0.1, 0.15) is 0 Å². The fourth-order valence-corrected chi connectivity index (χ4v) is 2.26. The van der Waals surface area contributed by atoms with Gasteiger partial charge in [-0.2, -0.15) is 5.10 Å². The van der Waals surface area contributed by atoms with Gasteiger partial charge in [0, 0.05) is 5.75 Å². The summed E-state index contributed by atoms with van der Waals surface area (Å²) in [6.45, 7) is 0. The summed E-state index contributed by atoms with van der Waals surface area (Å²) in [5.74, 6) is 1.09. The second-order valence-corrected chi connectivity index (χ2v) is 4.57. The Morgan fingerprint density at radius 3 is 2.84 bits per heavy atom. The maximum Gasteiger partial charge on any atom is 0.513 e. The van der Waals surface area contributed by atoms with Gasteiger partial charge in [-0.05, 0) is 5.56 Å². The minimum Gasteiger partial charge on any atom is -0.437 e. The molecule has 19 heavy (non-hydrogen) atoms. The van der Waals surface area contributed by atoms with Gasteiger partial charge in [0.25, 0.3) is 0 Å². The first-order valence-electron chi connectivity index (χ1n) is 5.47. The molecule has 0 unspecified atom stereocenters. The number of carbonyl (C=O) groups is 1. The van der Waals surface area contributed by atoms with Crippen LogP contribution in [-0.2, 0) is 10.5 Å². The molecule has 1 aromatic carbocycles. The summed E-state index contributed by atoms with van der Waals surface area (Å²) in [5, 5.41) is 7.10. The molecule has 0 aliphatic heterocycles. The zero-order chi connectivity index (χ0) is 13.7. The van der Waals surface area contributed by atoms with Gasteiger partial charge >= 0.3 is 6.16 Å². The van der Waals surface area contributed by atoms with Crippen molar-refractivity contribution in [2.45, 2.75) is 10.8 Å². The number of hydrogen-bond acceptors (Lipinski definition) is 6. The Balaban J connectivity index is 2.06. The molecule has 0 spiro atoms. The molecule has 100 valence electrons. The van der Waals surface area contributed by atoms with Crippen molar-refractivity contribution in [2.75, 3.05) is 12.8 Å². The van der Waals surface area contributed by atoms with Gasteiger partial charge < -0.3 is 15.2 Å². The van der Waals surface area contributed by atoms with E-state index in [0.29, 0.717) is 10.8 Å². The van der Waals surface area contributed by atoms with Crippen LogP contribution in [0.2, 0.25) is 0 Å². The highest BCUT2D eigenvalue weighted by Gasteiger charge is 2.17. The molecule has 0 saturated heterocycles. The largest absolute Gasteiger partial charge is 0.513 e. The van der Waals surface area contributed by atoms with E-state index in [1.807, 2.05) is 30.3 Å². The maximum absolute atomic E-state index is 11.1. The molecule has 2 aromatic rings. The number of nitrogen functional groups attached to an aromatic ring is 1. The van der Waals surface area contributed by atoms with Gasteiger partial charge in [-0.25, -0.2) is 4.79 Å². The number of H-pyrrole nitrogens is 1. The molecule has 0 aliphatic carbocycles. The van der Waals surface area contributed by atoms with Crippen LogP contribution in [0.4, 0.5) is 10.6 Å². The topological polar surface area (TPSA) is 90.2 Å². The molecular weight excluding hydrogens is 266 g/mol. The van der Waals surface area contributed by atoms with E-state index in [1.165, 1.54) is 18.9 Å². The lowest BCUT2D eigenvalue weighted by Crippen LogP contribution is -2.08. The number of methoxy groups -OCH3 is 1. The van der Waals surface area contributed by atoms with Crippen molar-refractivity contribution in [1.82, 2.24) is 10.2 Å². The van der Waals surface area contributed by atoms with E-state index in [1.54, 1.807) is 0 Å². The summed E-state index contributed by atoms with van der Waals surface area (Å²) in [6, 6.07) is 9.88. The number of thioether (sulfide) groups is 1. The summed E-state index contributed by atoms with van der Waals surface area (Å²) >= 11 is 1.42. The van der Waals surface area contributed by atoms with Gasteiger partial charge in [0.15, 0.2) is 10.8 Å². The highest BCUT2D eigenvalue weighted by Crippen LogP contribution is 2.34. The summed E-state index contributed by atoms with van der Waals surface area (Å²) < 4.78 is 9.38. The van der Waals surface area contributed by atoms with E-state index < -0.39 is 6.16 Å². The number of aromatic nitrogens is 2. The van der Waals surface area contributed by atoms with Crippen LogP contribution < -0.4 is 10.5 Å². The maximum atomic E-state index is 11.1. The average molecular weight is 279 g/mol. The quantitative estimate of drug-likeness (QED) is 0.660. The fraction of sp³-hybridized carbons (Fsp3) is 0.167. The Morgan fingerprint density at radius 1 is 1.42 bits per heavy atom. The first-order chi connectivity index (χ1) is 9.20. The Labute approximate surface area is 114 Å². The standard InChI is InChI=1S/C12H13N3O3S/c1-17-12(16)18-9-10(13)14-15-11(9)19-7-8-5-3-2-4-6-8/h2-6H,7H2,1H3,(H3,13,14,15). The van der Waals surface area contributed by atoms with Gasteiger partial charge in [-0.1, -0.05) is 42.1 Å². The summed E-state index contributed by atoms with van der Waals surface area (Å²) in [4.78, 5) is 11.1. The number of nitrogens with two attached hydrogens (primary N) is 1. The van der Waals surface area contributed by atoms with Crippen molar-refractivity contribution in [3.8, 4) is 5.75 Å². The second kappa shape index (κ2) is 6.14. The van der Waals surface area contributed by atoms with E-state index in [0.717, 1.165) is 5.56 Å². The predicted octanol–water partition coefficient (Wildman–Crippen LogP) is 2.43. The molecule has 0 fully saturated rings. The number of ether oxygens (including phenoxy) is 2. The third kappa shape index (κ3) is 3.41. The SMILES string of the molecule is COC(=O)Oc1c(SCc2ccccc2)n[nH]c1N. The number of anilines is 1. The molecule has 2 rings (SSSR count). The van der Waals surface area contributed by atoms with Crippen molar-refractivity contribution in [1.29, 1.82) is 0 Å². The van der Waals surface area contributed by atoms with Gasteiger partial charge in [0.2, 0.25) is 5.75 Å². The Bertz CT molecular complexity index is 557. The van der Waals surface area contributed by atoms with Gasteiger partial charge in [-0.15, -0.1) is 0 Å². The number of aromatic amines is 1. The molecule has 0 amide bonds. The van der Waals surface area contributed by atoms with Crippen LogP contribution in [0.15, 0.2) is 35.4 Å². The van der Waals surface area contributed by atoms with Crippen molar-refractivity contribution in [2.24, 2.45) is 0 Å². The molecule has 0 saturated carbocycles. The smallest absolute Gasteiger partial charge is 0.437 e. The second-order valence-electron chi connectivity index (χ2n) is 3.60. The van der Waals surface area contributed by atoms with Crippen LogP contribution in [0.5, 0.6) is 5.75 Å². The van der Waals surface area contributed by atoms with Crippen LogP contribution in [0.3, 0.4) is 0 Å². The lowest BCUT2D eigenvalue weighted by molar-refractivity contribution is 0.120. The minimum absolute atomic E-state index is 0.195. The number of carbonyl (C=O) groups excluding carboxylic acids is 1. The van der Waals surface area contributed by atoms with Crippen molar-refractivity contribution >= 4 is 23.7 Å². The number of nitrogens with one attached hydrogen (secondary N) is 1. The Morgan fingerprint density at radius 2 is 2.16 bits per heavy atom. The lowest BCUT2D eigenvalue weighted by atomic mass is 10.2.